The highest BCUT2D eigenvalue weighted by Gasteiger charge is 2.33. The molecule has 0 N–H and O–H groups in total. The first-order valence-corrected chi connectivity index (χ1v) is 12.9. The minimum Gasteiger partial charge on any atom is -0.357 e. The Kier molecular flexibility index (Phi) is 7.54. The zero-order valence-electron chi connectivity index (χ0n) is 19.5. The molecule has 34 heavy (non-hydrogen) atoms. The number of anilines is 1. The fourth-order valence-electron chi connectivity index (χ4n) is 4.59. The number of carbonyl (C=O) groups excluding carboxylic acids is 1. The summed E-state index contributed by atoms with van der Waals surface area (Å²) < 4.78 is 2.20. The molecule has 0 aliphatic carbocycles. The number of nitriles is 1. The van der Waals surface area contributed by atoms with Crippen molar-refractivity contribution in [1.29, 1.82) is 5.26 Å². The van der Waals surface area contributed by atoms with Crippen molar-refractivity contribution >= 4 is 46.1 Å². The molecule has 0 saturated carbocycles. The first kappa shape index (κ1) is 24.2. The molecule has 0 atom stereocenters. The lowest BCUT2D eigenvalue weighted by atomic mass is 10.0. The molecule has 1 amide bonds. The molecule has 2 saturated heterocycles. The number of rotatable bonds is 5. The number of thiocarbonyl (C=S) groups is 1. The Morgan fingerprint density at radius 3 is 2.41 bits per heavy atom. The van der Waals surface area contributed by atoms with Gasteiger partial charge in [-0.1, -0.05) is 67.2 Å². The smallest absolute Gasteiger partial charge is 0.270 e. The summed E-state index contributed by atoms with van der Waals surface area (Å²) in [5.74, 6) is 0.659. The third kappa shape index (κ3) is 4.68. The average Bonchev–Trinajstić information content (AvgIpc) is 3.02. The molecule has 6 nitrogen and oxygen atoms in total. The van der Waals surface area contributed by atoms with Gasteiger partial charge < -0.3 is 4.90 Å². The van der Waals surface area contributed by atoms with Crippen LogP contribution in [0.25, 0.3) is 6.08 Å². The second-order valence-corrected chi connectivity index (χ2v) is 10.2. The van der Waals surface area contributed by atoms with Gasteiger partial charge in [0.1, 0.15) is 21.8 Å². The molecule has 0 bridgehead atoms. The molecule has 4 rings (SSSR count). The average molecular weight is 493 g/mol. The fourth-order valence-corrected chi connectivity index (χ4v) is 5.83. The maximum Gasteiger partial charge on any atom is 0.270 e. The first-order valence-electron chi connectivity index (χ1n) is 11.7. The normalized spacial score (nSPS) is 17.9. The van der Waals surface area contributed by atoms with Crippen molar-refractivity contribution in [3.05, 3.63) is 67.8 Å². The number of pyridine rings is 1. The molecule has 1 aromatic heterocycles. The molecule has 0 unspecified atom stereocenters. The Morgan fingerprint density at radius 1 is 1.12 bits per heavy atom. The molecule has 176 valence electrons. The van der Waals surface area contributed by atoms with E-state index in [-0.39, 0.29) is 17.0 Å². The van der Waals surface area contributed by atoms with Crippen molar-refractivity contribution < 1.29 is 4.79 Å². The van der Waals surface area contributed by atoms with E-state index in [0.717, 1.165) is 55.7 Å². The number of hydrogen-bond acceptors (Lipinski definition) is 6. The van der Waals surface area contributed by atoms with Gasteiger partial charge in [0, 0.05) is 25.2 Å². The molecule has 3 heterocycles. The predicted molar refractivity (Wildman–Crippen MR) is 142 cm³/mol. The predicted octanol–water partition coefficient (Wildman–Crippen LogP) is 4.83. The molecule has 2 aliphatic rings. The summed E-state index contributed by atoms with van der Waals surface area (Å²) in [6.45, 7) is 6.29. The standard InChI is InChI=1S/C26H28N4O2S2/c1-3-29-23(28-13-9-4-5-10-14-28)20(18(2)21(16-27)24(29)31)15-22-25(32)30(26(33)34-22)17-19-11-7-6-8-12-19/h6-8,11-12,15H,3-5,9-10,13-14,17H2,1-2H3/b22-15+. The Balaban J connectivity index is 1.81. The van der Waals surface area contributed by atoms with Crippen LogP contribution in [0.3, 0.4) is 0 Å². The molecule has 1 aromatic carbocycles. The lowest BCUT2D eigenvalue weighted by Gasteiger charge is -2.29. The van der Waals surface area contributed by atoms with Crippen molar-refractivity contribution in [3.63, 3.8) is 0 Å². The molecule has 2 aromatic rings. The van der Waals surface area contributed by atoms with Gasteiger partial charge in [0.2, 0.25) is 0 Å². The molecular formula is C26H28N4O2S2. The van der Waals surface area contributed by atoms with Crippen LogP contribution in [0.15, 0.2) is 40.0 Å². The van der Waals surface area contributed by atoms with Gasteiger partial charge in [-0.3, -0.25) is 19.1 Å². The monoisotopic (exact) mass is 492 g/mol. The van der Waals surface area contributed by atoms with Crippen molar-refractivity contribution in [2.24, 2.45) is 0 Å². The minimum absolute atomic E-state index is 0.131. The molecule has 0 spiro atoms. The fraction of sp³-hybridized carbons (Fsp3) is 0.385. The summed E-state index contributed by atoms with van der Waals surface area (Å²) in [7, 11) is 0. The van der Waals surface area contributed by atoms with Crippen LogP contribution in [0.4, 0.5) is 5.82 Å². The number of nitrogens with zero attached hydrogens (tertiary/aromatic N) is 4. The quantitative estimate of drug-likeness (QED) is 0.440. The van der Waals surface area contributed by atoms with Gasteiger partial charge in [-0.25, -0.2) is 0 Å². The number of amides is 1. The minimum atomic E-state index is -0.268. The van der Waals surface area contributed by atoms with E-state index in [2.05, 4.69) is 11.0 Å². The summed E-state index contributed by atoms with van der Waals surface area (Å²) in [5.41, 5.74) is 2.25. The van der Waals surface area contributed by atoms with Crippen LogP contribution in [-0.2, 0) is 17.9 Å². The van der Waals surface area contributed by atoms with Gasteiger partial charge >= 0.3 is 0 Å². The number of aromatic nitrogens is 1. The van der Waals surface area contributed by atoms with Gasteiger partial charge in [-0.15, -0.1) is 0 Å². The molecule has 0 radical (unpaired) electrons. The van der Waals surface area contributed by atoms with Gasteiger partial charge in [0.05, 0.1) is 11.4 Å². The second kappa shape index (κ2) is 10.6. The van der Waals surface area contributed by atoms with Gasteiger partial charge in [0.15, 0.2) is 0 Å². The Morgan fingerprint density at radius 2 is 1.79 bits per heavy atom. The van der Waals surface area contributed by atoms with Crippen molar-refractivity contribution in [3.8, 4) is 6.07 Å². The Bertz CT molecular complexity index is 1240. The summed E-state index contributed by atoms with van der Waals surface area (Å²) in [6.07, 6.45) is 6.27. The topological polar surface area (TPSA) is 69.3 Å². The maximum absolute atomic E-state index is 13.4. The van der Waals surface area contributed by atoms with Crippen LogP contribution < -0.4 is 10.5 Å². The molecule has 8 heteroatoms. The Labute approximate surface area is 209 Å². The summed E-state index contributed by atoms with van der Waals surface area (Å²) >= 11 is 6.82. The van der Waals surface area contributed by atoms with Gasteiger partial charge in [0.25, 0.3) is 11.5 Å². The summed E-state index contributed by atoms with van der Waals surface area (Å²) in [5, 5.41) is 9.75. The zero-order chi connectivity index (χ0) is 24.2. The lowest BCUT2D eigenvalue weighted by molar-refractivity contribution is -0.122. The highest BCUT2D eigenvalue weighted by Crippen LogP contribution is 2.37. The van der Waals surface area contributed by atoms with E-state index in [1.165, 1.54) is 11.8 Å². The summed E-state index contributed by atoms with van der Waals surface area (Å²) in [6, 6.07) is 11.9. The van der Waals surface area contributed by atoms with Crippen molar-refractivity contribution in [2.75, 3.05) is 18.0 Å². The van der Waals surface area contributed by atoms with E-state index in [0.29, 0.717) is 27.9 Å². The SMILES string of the molecule is CCn1c(N2CCCCCC2)c(/C=C2/SC(=S)N(Cc3ccccc3)C2=O)c(C)c(C#N)c1=O. The van der Waals surface area contributed by atoms with Crippen LogP contribution in [-0.4, -0.2) is 32.8 Å². The molecular weight excluding hydrogens is 464 g/mol. The molecule has 2 aliphatic heterocycles. The van der Waals surface area contributed by atoms with Crippen LogP contribution in [0.1, 0.15) is 54.9 Å². The largest absolute Gasteiger partial charge is 0.357 e. The van der Waals surface area contributed by atoms with Gasteiger partial charge in [-0.2, -0.15) is 5.26 Å². The first-order chi connectivity index (χ1) is 16.5. The molecule has 2 fully saturated rings. The summed E-state index contributed by atoms with van der Waals surface area (Å²) in [4.78, 5) is 30.9. The van der Waals surface area contributed by atoms with Crippen LogP contribution in [0, 0.1) is 18.3 Å². The van der Waals surface area contributed by atoms with Crippen molar-refractivity contribution in [1.82, 2.24) is 9.47 Å². The van der Waals surface area contributed by atoms with E-state index in [1.54, 1.807) is 16.4 Å². The highest BCUT2D eigenvalue weighted by atomic mass is 32.2. The second-order valence-electron chi connectivity index (χ2n) is 8.55. The number of thioether (sulfide) groups is 1. The number of hydrogen-bond donors (Lipinski definition) is 0. The maximum atomic E-state index is 13.4. The third-order valence-electron chi connectivity index (χ3n) is 6.40. The van der Waals surface area contributed by atoms with E-state index in [9.17, 15) is 14.9 Å². The van der Waals surface area contributed by atoms with Gasteiger partial charge in [-0.05, 0) is 43.9 Å². The van der Waals surface area contributed by atoms with Crippen LogP contribution in [0.5, 0.6) is 0 Å². The van der Waals surface area contributed by atoms with Crippen LogP contribution in [0.2, 0.25) is 0 Å². The van der Waals surface area contributed by atoms with E-state index >= 15 is 0 Å². The van der Waals surface area contributed by atoms with E-state index in [4.69, 9.17) is 12.2 Å². The number of benzene rings is 1. The highest BCUT2D eigenvalue weighted by molar-refractivity contribution is 8.26. The van der Waals surface area contributed by atoms with E-state index < -0.39 is 0 Å². The number of carbonyl (C=O) groups is 1. The van der Waals surface area contributed by atoms with Crippen molar-refractivity contribution in [2.45, 2.75) is 52.6 Å². The Hall–Kier alpha value is -2.89. The van der Waals surface area contributed by atoms with E-state index in [1.807, 2.05) is 43.3 Å². The van der Waals surface area contributed by atoms with Crippen LogP contribution >= 0.6 is 24.0 Å². The zero-order valence-corrected chi connectivity index (χ0v) is 21.2. The lowest BCUT2D eigenvalue weighted by Crippen LogP contribution is -2.35. The third-order valence-corrected chi connectivity index (χ3v) is 7.78.